The predicted molar refractivity (Wildman–Crippen MR) is 53.4 cm³/mol. The standard InChI is InChI=1S/C10H17F2NO3/c1-4-9(2,3)16-8(15)13-5-7(14)10(11,12)6-13/h7,14H,4-6H2,1-3H3. The van der Waals surface area contributed by atoms with E-state index in [1.165, 1.54) is 0 Å². The van der Waals surface area contributed by atoms with E-state index in [2.05, 4.69) is 0 Å². The normalized spacial score (nSPS) is 24.6. The van der Waals surface area contributed by atoms with Crippen molar-refractivity contribution in [2.45, 2.75) is 44.8 Å². The maximum atomic E-state index is 13.0. The monoisotopic (exact) mass is 237 g/mol. The summed E-state index contributed by atoms with van der Waals surface area (Å²) in [4.78, 5) is 12.3. The molecule has 16 heavy (non-hydrogen) atoms. The average molecular weight is 237 g/mol. The van der Waals surface area contributed by atoms with Gasteiger partial charge in [0.1, 0.15) is 11.7 Å². The highest BCUT2D eigenvalue weighted by molar-refractivity contribution is 5.68. The lowest BCUT2D eigenvalue weighted by Gasteiger charge is -2.26. The van der Waals surface area contributed by atoms with E-state index in [4.69, 9.17) is 9.84 Å². The Morgan fingerprint density at radius 1 is 1.62 bits per heavy atom. The summed E-state index contributed by atoms with van der Waals surface area (Å²) in [6.07, 6.45) is -2.02. The minimum absolute atomic E-state index is 0.383. The second kappa shape index (κ2) is 4.16. The maximum absolute atomic E-state index is 13.0. The summed E-state index contributed by atoms with van der Waals surface area (Å²) >= 11 is 0. The van der Waals surface area contributed by atoms with Crippen LogP contribution in [-0.2, 0) is 4.74 Å². The van der Waals surface area contributed by atoms with E-state index in [1.807, 2.05) is 6.92 Å². The van der Waals surface area contributed by atoms with Crippen molar-refractivity contribution >= 4 is 6.09 Å². The van der Waals surface area contributed by atoms with E-state index in [0.717, 1.165) is 4.90 Å². The Morgan fingerprint density at radius 2 is 2.19 bits per heavy atom. The number of hydrogen-bond donors (Lipinski definition) is 1. The number of aliphatic hydroxyl groups is 1. The molecule has 4 nitrogen and oxygen atoms in total. The molecule has 0 aliphatic carbocycles. The zero-order valence-electron chi connectivity index (χ0n) is 9.67. The topological polar surface area (TPSA) is 49.8 Å². The maximum Gasteiger partial charge on any atom is 0.410 e. The molecule has 6 heteroatoms. The van der Waals surface area contributed by atoms with Gasteiger partial charge in [0, 0.05) is 0 Å². The molecule has 1 unspecified atom stereocenters. The average Bonchev–Trinajstić information content (AvgIpc) is 2.41. The fourth-order valence-electron chi connectivity index (χ4n) is 1.28. The Bertz CT molecular complexity index is 281. The summed E-state index contributed by atoms with van der Waals surface area (Å²) in [7, 11) is 0. The first-order chi connectivity index (χ1) is 7.18. The Balaban J connectivity index is 2.58. The highest BCUT2D eigenvalue weighted by Gasteiger charge is 2.49. The molecule has 1 N–H and O–H groups in total. The van der Waals surface area contributed by atoms with Crippen molar-refractivity contribution in [3.63, 3.8) is 0 Å². The molecule has 0 aromatic heterocycles. The number of nitrogens with zero attached hydrogens (tertiary/aromatic N) is 1. The van der Waals surface area contributed by atoms with Gasteiger partial charge in [0.25, 0.3) is 5.92 Å². The number of amides is 1. The van der Waals surface area contributed by atoms with Crippen molar-refractivity contribution in [2.75, 3.05) is 13.1 Å². The van der Waals surface area contributed by atoms with Crippen molar-refractivity contribution < 1.29 is 23.4 Å². The largest absolute Gasteiger partial charge is 0.443 e. The number of aliphatic hydroxyl groups excluding tert-OH is 1. The van der Waals surface area contributed by atoms with E-state index in [9.17, 15) is 13.6 Å². The van der Waals surface area contributed by atoms with Crippen LogP contribution in [0.3, 0.4) is 0 Å². The van der Waals surface area contributed by atoms with Gasteiger partial charge >= 0.3 is 6.09 Å². The molecule has 1 amide bonds. The number of carbonyl (C=O) groups is 1. The van der Waals surface area contributed by atoms with E-state index < -0.39 is 30.3 Å². The SMILES string of the molecule is CCC(C)(C)OC(=O)N1CC(O)C(F)(F)C1. The minimum atomic E-state index is -3.24. The molecule has 0 aromatic rings. The number of hydrogen-bond acceptors (Lipinski definition) is 3. The number of carbonyl (C=O) groups excluding carboxylic acids is 1. The van der Waals surface area contributed by atoms with E-state index >= 15 is 0 Å². The molecule has 1 saturated heterocycles. The highest BCUT2D eigenvalue weighted by Crippen LogP contribution is 2.28. The van der Waals surface area contributed by atoms with Gasteiger partial charge in [0.15, 0.2) is 0 Å². The van der Waals surface area contributed by atoms with Crippen LogP contribution in [0.1, 0.15) is 27.2 Å². The fourth-order valence-corrected chi connectivity index (χ4v) is 1.28. The zero-order chi connectivity index (χ0) is 12.6. The van der Waals surface area contributed by atoms with E-state index in [-0.39, 0.29) is 6.54 Å². The van der Waals surface area contributed by atoms with Crippen molar-refractivity contribution in [1.29, 1.82) is 0 Å². The molecule has 0 bridgehead atoms. The van der Waals surface area contributed by atoms with Crippen LogP contribution in [0.4, 0.5) is 13.6 Å². The van der Waals surface area contributed by atoms with Crippen LogP contribution in [0.25, 0.3) is 0 Å². The van der Waals surface area contributed by atoms with Crippen LogP contribution in [0.15, 0.2) is 0 Å². The third kappa shape index (κ3) is 2.81. The molecule has 0 saturated carbocycles. The highest BCUT2D eigenvalue weighted by atomic mass is 19.3. The fraction of sp³-hybridized carbons (Fsp3) is 0.900. The second-order valence-corrected chi connectivity index (χ2v) is 4.64. The van der Waals surface area contributed by atoms with Crippen LogP contribution in [-0.4, -0.2) is 46.8 Å². The molecule has 0 spiro atoms. The number of β-amino-alcohol motifs (C(OH)–C–C–N with tert-alkyl or cyclic N) is 1. The third-order valence-corrected chi connectivity index (χ3v) is 2.76. The molecule has 1 atom stereocenters. The van der Waals surface area contributed by atoms with Gasteiger partial charge in [-0.2, -0.15) is 0 Å². The van der Waals surface area contributed by atoms with Crippen LogP contribution in [0.2, 0.25) is 0 Å². The van der Waals surface area contributed by atoms with Gasteiger partial charge in [-0.05, 0) is 20.3 Å². The van der Waals surface area contributed by atoms with Gasteiger partial charge in [-0.1, -0.05) is 6.92 Å². The summed E-state index contributed by atoms with van der Waals surface area (Å²) in [6.45, 7) is 4.07. The van der Waals surface area contributed by atoms with Crippen LogP contribution in [0.5, 0.6) is 0 Å². The van der Waals surface area contributed by atoms with Gasteiger partial charge in [-0.15, -0.1) is 0 Å². The first-order valence-corrected chi connectivity index (χ1v) is 5.22. The summed E-state index contributed by atoms with van der Waals surface area (Å²) in [6, 6.07) is 0. The molecule has 1 rings (SSSR count). The van der Waals surface area contributed by atoms with Crippen molar-refractivity contribution in [2.24, 2.45) is 0 Å². The number of rotatable bonds is 2. The third-order valence-electron chi connectivity index (χ3n) is 2.76. The lowest BCUT2D eigenvalue weighted by molar-refractivity contribution is -0.0733. The first kappa shape index (κ1) is 13.2. The first-order valence-electron chi connectivity index (χ1n) is 5.22. The summed E-state index contributed by atoms with van der Waals surface area (Å²) < 4.78 is 31.0. The quantitative estimate of drug-likeness (QED) is 0.794. The lowest BCUT2D eigenvalue weighted by Crippen LogP contribution is -2.37. The Kier molecular flexibility index (Phi) is 3.42. The zero-order valence-corrected chi connectivity index (χ0v) is 9.67. The number of alkyl halides is 2. The van der Waals surface area contributed by atoms with E-state index in [1.54, 1.807) is 13.8 Å². The summed E-state index contributed by atoms with van der Waals surface area (Å²) in [5.41, 5.74) is -0.681. The molecule has 1 heterocycles. The van der Waals surface area contributed by atoms with Gasteiger partial charge in [0.2, 0.25) is 0 Å². The van der Waals surface area contributed by atoms with Crippen molar-refractivity contribution in [3.05, 3.63) is 0 Å². The smallest absolute Gasteiger partial charge is 0.410 e. The molecule has 0 radical (unpaired) electrons. The van der Waals surface area contributed by atoms with Crippen LogP contribution < -0.4 is 0 Å². The van der Waals surface area contributed by atoms with E-state index in [0.29, 0.717) is 6.42 Å². The van der Waals surface area contributed by atoms with Gasteiger partial charge in [-0.25, -0.2) is 13.6 Å². The Labute approximate surface area is 93.2 Å². The summed E-state index contributed by atoms with van der Waals surface area (Å²) in [5.74, 6) is -3.24. The predicted octanol–water partition coefficient (Wildman–Crippen LogP) is 1.62. The molecular formula is C10H17F2NO3. The van der Waals surface area contributed by atoms with Gasteiger partial charge in [0.05, 0.1) is 13.1 Å². The minimum Gasteiger partial charge on any atom is -0.443 e. The second-order valence-electron chi connectivity index (χ2n) is 4.64. The van der Waals surface area contributed by atoms with Crippen LogP contribution in [0, 0.1) is 0 Å². The Hall–Kier alpha value is -0.910. The number of halogens is 2. The molecule has 0 aromatic carbocycles. The molecule has 1 fully saturated rings. The molecule has 1 aliphatic rings. The molecule has 94 valence electrons. The molecular weight excluding hydrogens is 220 g/mol. The van der Waals surface area contributed by atoms with Crippen molar-refractivity contribution in [1.82, 2.24) is 4.90 Å². The number of ether oxygens (including phenoxy) is 1. The Morgan fingerprint density at radius 3 is 2.56 bits per heavy atom. The van der Waals surface area contributed by atoms with Crippen LogP contribution >= 0.6 is 0 Å². The number of likely N-dealkylation sites (tertiary alicyclic amines) is 1. The van der Waals surface area contributed by atoms with Gasteiger partial charge < -0.3 is 9.84 Å². The lowest BCUT2D eigenvalue weighted by atomic mass is 10.1. The van der Waals surface area contributed by atoms with Gasteiger partial charge in [-0.3, -0.25) is 4.90 Å². The van der Waals surface area contributed by atoms with Crippen molar-refractivity contribution in [3.8, 4) is 0 Å². The molecule has 1 aliphatic heterocycles. The summed E-state index contributed by atoms with van der Waals surface area (Å²) in [5, 5.41) is 9.03.